The first-order valence-corrected chi connectivity index (χ1v) is 10.8. The highest BCUT2D eigenvalue weighted by atomic mass is 16.5. The number of aromatic nitrogens is 4. The van der Waals surface area contributed by atoms with Gasteiger partial charge in [-0.25, -0.2) is 0 Å². The number of amides is 1. The van der Waals surface area contributed by atoms with Crippen LogP contribution in [-0.4, -0.2) is 75.1 Å². The molecule has 2 aromatic rings. The fourth-order valence-electron chi connectivity index (χ4n) is 5.11. The number of ether oxygens (including phenoxy) is 1. The first kappa shape index (κ1) is 19.4. The van der Waals surface area contributed by atoms with Crippen LogP contribution in [0.3, 0.4) is 0 Å². The summed E-state index contributed by atoms with van der Waals surface area (Å²) in [4.78, 5) is 30.4. The van der Waals surface area contributed by atoms with Crippen LogP contribution in [0.1, 0.15) is 46.2 Å². The number of carbonyl (C=O) groups excluding carboxylic acids is 1. The molecular weight excluding hydrogens is 384 g/mol. The molecule has 0 spiro atoms. The molecular formula is C21H28N6O3. The number of hydrogen-bond acceptors (Lipinski definition) is 6. The van der Waals surface area contributed by atoms with E-state index < -0.39 is 0 Å². The Balaban J connectivity index is 1.36. The topological polar surface area (TPSA) is 96.4 Å². The quantitative estimate of drug-likeness (QED) is 0.800. The molecule has 2 saturated heterocycles. The van der Waals surface area contributed by atoms with Crippen molar-refractivity contribution in [1.82, 2.24) is 29.8 Å². The Morgan fingerprint density at radius 1 is 1.20 bits per heavy atom. The highest BCUT2D eigenvalue weighted by molar-refractivity contribution is 5.93. The fraction of sp³-hybridized carbons (Fsp3) is 0.619. The van der Waals surface area contributed by atoms with Gasteiger partial charge in [0.1, 0.15) is 0 Å². The second kappa shape index (κ2) is 7.96. The fourth-order valence-corrected chi connectivity index (χ4v) is 5.11. The van der Waals surface area contributed by atoms with Gasteiger partial charge in [0.2, 0.25) is 0 Å². The van der Waals surface area contributed by atoms with Crippen LogP contribution in [0.15, 0.2) is 16.9 Å². The summed E-state index contributed by atoms with van der Waals surface area (Å²) in [5.41, 5.74) is 3.04. The molecule has 5 rings (SSSR count). The molecule has 0 saturated carbocycles. The highest BCUT2D eigenvalue weighted by Crippen LogP contribution is 2.35. The average molecular weight is 412 g/mol. The first-order chi connectivity index (χ1) is 14.6. The number of aromatic amines is 1. The summed E-state index contributed by atoms with van der Waals surface area (Å²) in [6, 6.07) is 4.09. The van der Waals surface area contributed by atoms with Crippen LogP contribution < -0.4 is 5.56 Å². The summed E-state index contributed by atoms with van der Waals surface area (Å²) >= 11 is 0. The number of pyridine rings is 1. The molecule has 2 aromatic heterocycles. The van der Waals surface area contributed by atoms with Crippen LogP contribution in [0.25, 0.3) is 0 Å². The summed E-state index contributed by atoms with van der Waals surface area (Å²) in [7, 11) is 0. The van der Waals surface area contributed by atoms with Crippen molar-refractivity contribution in [3.05, 3.63) is 45.1 Å². The van der Waals surface area contributed by atoms with E-state index in [9.17, 15) is 9.59 Å². The largest absolute Gasteiger partial charge is 0.380 e. The molecule has 2 bridgehead atoms. The normalized spacial score (nSPS) is 24.4. The zero-order chi connectivity index (χ0) is 20.7. The number of likely N-dealkylation sites (tertiary alicyclic amines) is 1. The molecule has 3 aliphatic heterocycles. The average Bonchev–Trinajstić information content (AvgIpc) is 3.00. The third-order valence-corrected chi connectivity index (χ3v) is 6.60. The van der Waals surface area contributed by atoms with Crippen molar-refractivity contribution in [3.63, 3.8) is 0 Å². The van der Waals surface area contributed by atoms with Gasteiger partial charge in [0.25, 0.3) is 11.5 Å². The van der Waals surface area contributed by atoms with Gasteiger partial charge in [0, 0.05) is 63.1 Å². The number of nitrogens with one attached hydrogen (secondary N) is 1. The van der Waals surface area contributed by atoms with Crippen LogP contribution in [0.4, 0.5) is 0 Å². The molecule has 1 amide bonds. The smallest absolute Gasteiger partial charge is 0.276 e. The van der Waals surface area contributed by atoms with Crippen LogP contribution in [0, 0.1) is 12.8 Å². The molecule has 5 heterocycles. The van der Waals surface area contributed by atoms with Gasteiger partial charge in [-0.1, -0.05) is 6.07 Å². The molecule has 2 fully saturated rings. The lowest BCUT2D eigenvalue weighted by molar-refractivity contribution is 0.0587. The van der Waals surface area contributed by atoms with Crippen molar-refractivity contribution >= 4 is 5.91 Å². The molecule has 3 aliphatic rings. The van der Waals surface area contributed by atoms with E-state index in [0.717, 1.165) is 50.4 Å². The second-order valence-electron chi connectivity index (χ2n) is 8.71. The highest BCUT2D eigenvalue weighted by Gasteiger charge is 2.37. The van der Waals surface area contributed by atoms with Gasteiger partial charge in [-0.3, -0.25) is 14.5 Å². The molecule has 1 N–H and O–H groups in total. The van der Waals surface area contributed by atoms with E-state index in [1.807, 2.05) is 15.5 Å². The molecule has 2 atom stereocenters. The molecule has 160 valence electrons. The lowest BCUT2D eigenvalue weighted by atomic mass is 9.82. The maximum absolute atomic E-state index is 13.3. The van der Waals surface area contributed by atoms with E-state index in [1.165, 1.54) is 0 Å². The molecule has 30 heavy (non-hydrogen) atoms. The van der Waals surface area contributed by atoms with Gasteiger partial charge in [-0.05, 0) is 31.7 Å². The lowest BCUT2D eigenvalue weighted by Gasteiger charge is -2.42. The SMILES string of the molecule is Cc1n[nH]nc1C(=O)N1C[C@@H]2C[C@H](C1)c1ccc(CN3CCCOCC3)c(=O)n1C2. The molecule has 0 aromatic carbocycles. The molecule has 9 heteroatoms. The minimum atomic E-state index is -0.0771. The molecule has 9 nitrogen and oxygen atoms in total. The summed E-state index contributed by atoms with van der Waals surface area (Å²) < 4.78 is 7.49. The maximum atomic E-state index is 13.3. The van der Waals surface area contributed by atoms with Gasteiger partial charge >= 0.3 is 0 Å². The number of fused-ring (bicyclic) bond motifs is 4. The standard InChI is InChI=1S/C21H28N6O3/c1-14-19(23-24-22-14)21(29)26-10-15-9-17(13-26)18-4-3-16(20(28)27(18)11-15)12-25-5-2-7-30-8-6-25/h3-4,15,17H,2,5-13H2,1H3,(H,22,23,24)/t15-,17+/m0/s1. The number of aryl methyl sites for hydroxylation is 1. The van der Waals surface area contributed by atoms with E-state index >= 15 is 0 Å². The van der Waals surface area contributed by atoms with Crippen molar-refractivity contribution in [2.75, 3.05) is 39.4 Å². The van der Waals surface area contributed by atoms with E-state index in [0.29, 0.717) is 37.6 Å². The Bertz CT molecular complexity index is 991. The Labute approximate surface area is 175 Å². The zero-order valence-corrected chi connectivity index (χ0v) is 17.3. The monoisotopic (exact) mass is 412 g/mol. The van der Waals surface area contributed by atoms with Crippen molar-refractivity contribution in [2.24, 2.45) is 5.92 Å². The minimum Gasteiger partial charge on any atom is -0.380 e. The number of piperidine rings is 1. The summed E-state index contributed by atoms with van der Waals surface area (Å²) in [6.45, 7) is 7.75. The van der Waals surface area contributed by atoms with Crippen molar-refractivity contribution in [2.45, 2.75) is 38.8 Å². The Hall–Kier alpha value is -2.52. The second-order valence-corrected chi connectivity index (χ2v) is 8.71. The molecule has 0 radical (unpaired) electrons. The van der Waals surface area contributed by atoms with Gasteiger partial charge in [0.05, 0.1) is 12.3 Å². The number of H-pyrrole nitrogens is 1. The third-order valence-electron chi connectivity index (χ3n) is 6.60. The van der Waals surface area contributed by atoms with Crippen LogP contribution in [0.2, 0.25) is 0 Å². The van der Waals surface area contributed by atoms with Crippen molar-refractivity contribution in [1.29, 1.82) is 0 Å². The van der Waals surface area contributed by atoms with Gasteiger partial charge in [0.15, 0.2) is 5.69 Å². The van der Waals surface area contributed by atoms with E-state index in [4.69, 9.17) is 4.74 Å². The summed E-state index contributed by atoms with van der Waals surface area (Å²) in [5, 5.41) is 10.5. The number of carbonyl (C=O) groups is 1. The van der Waals surface area contributed by atoms with Crippen LogP contribution in [0.5, 0.6) is 0 Å². The minimum absolute atomic E-state index is 0.0771. The lowest BCUT2D eigenvalue weighted by Crippen LogP contribution is -2.49. The number of hydrogen-bond donors (Lipinski definition) is 1. The van der Waals surface area contributed by atoms with Gasteiger partial charge in [-0.2, -0.15) is 15.4 Å². The zero-order valence-electron chi connectivity index (χ0n) is 17.3. The number of nitrogens with zero attached hydrogens (tertiary/aromatic N) is 5. The van der Waals surface area contributed by atoms with Gasteiger partial charge in [-0.15, -0.1) is 0 Å². The molecule has 0 unspecified atom stereocenters. The van der Waals surface area contributed by atoms with Gasteiger partial charge < -0.3 is 14.2 Å². The third kappa shape index (κ3) is 3.56. The van der Waals surface area contributed by atoms with E-state index in [1.54, 1.807) is 6.92 Å². The maximum Gasteiger partial charge on any atom is 0.276 e. The van der Waals surface area contributed by atoms with E-state index in [2.05, 4.69) is 26.4 Å². The van der Waals surface area contributed by atoms with Crippen LogP contribution in [-0.2, 0) is 17.8 Å². The summed E-state index contributed by atoms with van der Waals surface area (Å²) in [6.07, 6.45) is 2.02. The van der Waals surface area contributed by atoms with Crippen molar-refractivity contribution in [3.8, 4) is 0 Å². The first-order valence-electron chi connectivity index (χ1n) is 10.8. The number of rotatable bonds is 3. The Morgan fingerprint density at radius 2 is 2.10 bits per heavy atom. The Kier molecular flexibility index (Phi) is 5.16. The Morgan fingerprint density at radius 3 is 2.93 bits per heavy atom. The summed E-state index contributed by atoms with van der Waals surface area (Å²) in [5.74, 6) is 0.390. The van der Waals surface area contributed by atoms with E-state index in [-0.39, 0.29) is 23.3 Å². The predicted molar refractivity (Wildman–Crippen MR) is 109 cm³/mol. The molecule has 0 aliphatic carbocycles. The predicted octanol–water partition coefficient (Wildman–Crippen LogP) is 0.757. The van der Waals surface area contributed by atoms with Crippen molar-refractivity contribution < 1.29 is 9.53 Å². The van der Waals surface area contributed by atoms with Crippen LogP contribution >= 0.6 is 0 Å².